The zero-order valence-corrected chi connectivity index (χ0v) is 7.85. The normalized spacial score (nSPS) is 48.1. The summed E-state index contributed by atoms with van der Waals surface area (Å²) in [6.45, 7) is 0. The Morgan fingerprint density at radius 3 is 2.00 bits per heavy atom. The van der Waals surface area contributed by atoms with Crippen LogP contribution in [-0.2, 0) is 4.79 Å². The highest BCUT2D eigenvalue weighted by Crippen LogP contribution is 2.60. The first-order valence-electron chi connectivity index (χ1n) is 3.99. The molecule has 1 N–H and O–H groups in total. The summed E-state index contributed by atoms with van der Waals surface area (Å²) in [6.07, 6.45) is 4.66. The fourth-order valence-corrected chi connectivity index (χ4v) is 3.36. The number of carboxylic acid groups (broad SMARTS) is 1. The summed E-state index contributed by atoms with van der Waals surface area (Å²) in [7, 11) is 0. The van der Waals surface area contributed by atoms with Crippen LogP contribution in [0.3, 0.4) is 0 Å². The third-order valence-corrected chi connectivity index (χ3v) is 4.29. The van der Waals surface area contributed by atoms with Crippen LogP contribution >= 0.6 is 15.9 Å². The van der Waals surface area contributed by atoms with Crippen LogP contribution in [-0.4, -0.2) is 15.4 Å². The SMILES string of the molecule is O=C(O)C12CCC(Br)(CC1)C2. The second-order valence-electron chi connectivity index (χ2n) is 3.91. The van der Waals surface area contributed by atoms with Gasteiger partial charge >= 0.3 is 5.97 Å². The van der Waals surface area contributed by atoms with Gasteiger partial charge in [-0.25, -0.2) is 0 Å². The van der Waals surface area contributed by atoms with Gasteiger partial charge in [0.2, 0.25) is 0 Å². The average molecular weight is 219 g/mol. The summed E-state index contributed by atoms with van der Waals surface area (Å²) in [6, 6.07) is 0. The van der Waals surface area contributed by atoms with Crippen molar-refractivity contribution in [2.45, 2.75) is 36.4 Å². The van der Waals surface area contributed by atoms with E-state index >= 15 is 0 Å². The van der Waals surface area contributed by atoms with E-state index in [0.29, 0.717) is 0 Å². The average Bonchev–Trinajstić information content (AvgIpc) is 2.42. The summed E-state index contributed by atoms with van der Waals surface area (Å²) < 4.78 is 0.186. The quantitative estimate of drug-likeness (QED) is 0.686. The predicted octanol–water partition coefficient (Wildman–Crippen LogP) is 2.17. The van der Waals surface area contributed by atoms with Gasteiger partial charge < -0.3 is 5.11 Å². The first kappa shape index (κ1) is 7.59. The van der Waals surface area contributed by atoms with E-state index in [1.54, 1.807) is 0 Å². The largest absolute Gasteiger partial charge is 0.481 e. The van der Waals surface area contributed by atoms with Crippen LogP contribution in [0.15, 0.2) is 0 Å². The Labute approximate surface area is 74.1 Å². The van der Waals surface area contributed by atoms with Gasteiger partial charge in [0.15, 0.2) is 0 Å². The van der Waals surface area contributed by atoms with Crippen molar-refractivity contribution in [2.24, 2.45) is 5.41 Å². The lowest BCUT2D eigenvalue weighted by Crippen LogP contribution is -2.25. The number of carbonyl (C=O) groups is 1. The molecule has 0 heterocycles. The Morgan fingerprint density at radius 2 is 1.82 bits per heavy atom. The zero-order chi connectivity index (χ0) is 8.11. The maximum atomic E-state index is 10.9. The molecule has 0 amide bonds. The summed E-state index contributed by atoms with van der Waals surface area (Å²) in [4.78, 5) is 10.9. The van der Waals surface area contributed by atoms with Crippen molar-refractivity contribution in [3.05, 3.63) is 0 Å². The van der Waals surface area contributed by atoms with E-state index in [0.717, 1.165) is 32.1 Å². The molecule has 2 bridgehead atoms. The standard InChI is InChI=1S/C8H11BrO2/c9-8-3-1-7(5-8,2-4-8)6(10)11/h1-5H2,(H,10,11). The summed E-state index contributed by atoms with van der Waals surface area (Å²) in [5.74, 6) is -0.587. The molecule has 2 saturated carbocycles. The highest BCUT2D eigenvalue weighted by atomic mass is 79.9. The number of rotatable bonds is 1. The van der Waals surface area contributed by atoms with Crippen LogP contribution in [0.5, 0.6) is 0 Å². The second-order valence-corrected chi connectivity index (χ2v) is 5.60. The molecule has 2 fully saturated rings. The number of carboxylic acids is 1. The van der Waals surface area contributed by atoms with Gasteiger partial charge in [-0.15, -0.1) is 0 Å². The van der Waals surface area contributed by atoms with Crippen molar-refractivity contribution < 1.29 is 9.90 Å². The first-order valence-corrected chi connectivity index (χ1v) is 4.78. The monoisotopic (exact) mass is 218 g/mol. The molecule has 0 aromatic rings. The van der Waals surface area contributed by atoms with E-state index < -0.39 is 5.97 Å². The van der Waals surface area contributed by atoms with Gasteiger partial charge in [-0.3, -0.25) is 4.79 Å². The van der Waals surface area contributed by atoms with Crippen LogP contribution in [0, 0.1) is 5.41 Å². The molecular weight excluding hydrogens is 208 g/mol. The summed E-state index contributed by atoms with van der Waals surface area (Å²) >= 11 is 3.63. The molecule has 0 radical (unpaired) electrons. The maximum absolute atomic E-state index is 10.9. The Kier molecular flexibility index (Phi) is 1.38. The van der Waals surface area contributed by atoms with E-state index in [1.165, 1.54) is 0 Å². The van der Waals surface area contributed by atoms with Gasteiger partial charge in [0.05, 0.1) is 5.41 Å². The van der Waals surface area contributed by atoms with E-state index in [-0.39, 0.29) is 9.74 Å². The van der Waals surface area contributed by atoms with Crippen LogP contribution in [0.1, 0.15) is 32.1 Å². The van der Waals surface area contributed by atoms with Crippen LogP contribution in [0.2, 0.25) is 0 Å². The Bertz CT molecular complexity index is 204. The van der Waals surface area contributed by atoms with Crippen molar-refractivity contribution >= 4 is 21.9 Å². The lowest BCUT2D eigenvalue weighted by Gasteiger charge is -2.20. The number of fused-ring (bicyclic) bond motifs is 2. The molecule has 2 aliphatic rings. The lowest BCUT2D eigenvalue weighted by atomic mass is 9.85. The Morgan fingerprint density at radius 1 is 1.27 bits per heavy atom. The fourth-order valence-electron chi connectivity index (χ4n) is 2.43. The third-order valence-electron chi connectivity index (χ3n) is 3.21. The molecular formula is C8H11BrO2. The van der Waals surface area contributed by atoms with Crippen LogP contribution in [0.4, 0.5) is 0 Å². The van der Waals surface area contributed by atoms with Crippen molar-refractivity contribution in [1.82, 2.24) is 0 Å². The minimum atomic E-state index is -0.587. The molecule has 0 unspecified atom stereocenters. The van der Waals surface area contributed by atoms with Crippen molar-refractivity contribution in [3.63, 3.8) is 0 Å². The topological polar surface area (TPSA) is 37.3 Å². The predicted molar refractivity (Wildman–Crippen MR) is 44.8 cm³/mol. The third kappa shape index (κ3) is 0.934. The van der Waals surface area contributed by atoms with E-state index in [1.807, 2.05) is 0 Å². The van der Waals surface area contributed by atoms with Gasteiger partial charge in [0.25, 0.3) is 0 Å². The molecule has 2 aliphatic carbocycles. The molecule has 0 atom stereocenters. The highest BCUT2D eigenvalue weighted by molar-refractivity contribution is 9.10. The summed E-state index contributed by atoms with van der Waals surface area (Å²) in [5.41, 5.74) is -0.358. The molecule has 3 heteroatoms. The molecule has 0 spiro atoms. The molecule has 11 heavy (non-hydrogen) atoms. The minimum Gasteiger partial charge on any atom is -0.481 e. The first-order chi connectivity index (χ1) is 5.06. The zero-order valence-electron chi connectivity index (χ0n) is 6.27. The van der Waals surface area contributed by atoms with Gasteiger partial charge in [-0.2, -0.15) is 0 Å². The number of halogens is 1. The van der Waals surface area contributed by atoms with E-state index in [2.05, 4.69) is 15.9 Å². The molecule has 2 nitrogen and oxygen atoms in total. The second kappa shape index (κ2) is 2.00. The Balaban J connectivity index is 2.27. The molecule has 0 aromatic heterocycles. The smallest absolute Gasteiger partial charge is 0.309 e. The molecule has 2 rings (SSSR count). The Hall–Kier alpha value is -0.0500. The van der Waals surface area contributed by atoms with Crippen LogP contribution < -0.4 is 0 Å². The number of hydrogen-bond donors (Lipinski definition) is 1. The van der Waals surface area contributed by atoms with E-state index in [4.69, 9.17) is 5.11 Å². The molecule has 62 valence electrons. The molecule has 0 aromatic carbocycles. The van der Waals surface area contributed by atoms with Gasteiger partial charge in [-0.1, -0.05) is 15.9 Å². The molecule has 0 aliphatic heterocycles. The highest BCUT2D eigenvalue weighted by Gasteiger charge is 2.57. The van der Waals surface area contributed by atoms with Crippen molar-refractivity contribution in [3.8, 4) is 0 Å². The molecule has 0 saturated heterocycles. The number of aliphatic carboxylic acids is 1. The maximum Gasteiger partial charge on any atom is 0.309 e. The number of alkyl halides is 1. The van der Waals surface area contributed by atoms with Gasteiger partial charge in [-0.05, 0) is 32.1 Å². The van der Waals surface area contributed by atoms with Gasteiger partial charge in [0.1, 0.15) is 0 Å². The van der Waals surface area contributed by atoms with Crippen molar-refractivity contribution in [2.75, 3.05) is 0 Å². The van der Waals surface area contributed by atoms with Crippen LogP contribution in [0.25, 0.3) is 0 Å². The summed E-state index contributed by atoms with van der Waals surface area (Å²) in [5, 5.41) is 8.98. The number of hydrogen-bond acceptors (Lipinski definition) is 1. The van der Waals surface area contributed by atoms with E-state index in [9.17, 15) is 4.79 Å². The van der Waals surface area contributed by atoms with Crippen molar-refractivity contribution in [1.29, 1.82) is 0 Å². The lowest BCUT2D eigenvalue weighted by molar-refractivity contribution is -0.148. The van der Waals surface area contributed by atoms with Gasteiger partial charge in [0, 0.05) is 4.32 Å². The minimum absolute atomic E-state index is 0.186. The fraction of sp³-hybridized carbons (Fsp3) is 0.875.